The lowest BCUT2D eigenvalue weighted by Gasteiger charge is -2.07. The summed E-state index contributed by atoms with van der Waals surface area (Å²) < 4.78 is 5.12. The molecule has 0 aliphatic rings. The molecule has 0 spiro atoms. The highest BCUT2D eigenvalue weighted by atomic mass is 16.5. The SMILES string of the molecule is CCCC(CC)=NC[C@H](C)OC. The molecule has 0 saturated heterocycles. The van der Waals surface area contributed by atoms with Crippen molar-refractivity contribution in [3.63, 3.8) is 0 Å². The van der Waals surface area contributed by atoms with E-state index in [2.05, 4.69) is 18.8 Å². The van der Waals surface area contributed by atoms with E-state index in [1.165, 1.54) is 12.1 Å². The number of hydrogen-bond donors (Lipinski definition) is 0. The Balaban J connectivity index is 3.76. The topological polar surface area (TPSA) is 21.6 Å². The van der Waals surface area contributed by atoms with E-state index in [-0.39, 0.29) is 6.10 Å². The molecule has 0 aliphatic carbocycles. The van der Waals surface area contributed by atoms with Crippen LogP contribution in [0.5, 0.6) is 0 Å². The maximum atomic E-state index is 5.12. The minimum atomic E-state index is 0.253. The van der Waals surface area contributed by atoms with Crippen LogP contribution in [0.15, 0.2) is 4.99 Å². The van der Waals surface area contributed by atoms with Gasteiger partial charge >= 0.3 is 0 Å². The normalized spacial score (nSPS) is 14.8. The van der Waals surface area contributed by atoms with E-state index in [0.717, 1.165) is 19.4 Å². The third kappa shape index (κ3) is 5.30. The van der Waals surface area contributed by atoms with Gasteiger partial charge < -0.3 is 4.74 Å². The summed E-state index contributed by atoms with van der Waals surface area (Å²) in [6, 6.07) is 0. The van der Waals surface area contributed by atoms with Crippen molar-refractivity contribution in [1.29, 1.82) is 0 Å². The summed E-state index contributed by atoms with van der Waals surface area (Å²) >= 11 is 0. The van der Waals surface area contributed by atoms with Crippen LogP contribution in [-0.4, -0.2) is 25.5 Å². The lowest BCUT2D eigenvalue weighted by molar-refractivity contribution is 0.125. The number of nitrogens with zero attached hydrogens (tertiary/aromatic N) is 1. The molecule has 12 heavy (non-hydrogen) atoms. The van der Waals surface area contributed by atoms with Gasteiger partial charge in [-0.3, -0.25) is 4.99 Å². The molecular formula is C10H21NO. The largest absolute Gasteiger partial charge is 0.380 e. The first-order valence-corrected chi connectivity index (χ1v) is 4.79. The lowest BCUT2D eigenvalue weighted by atomic mass is 10.2. The molecule has 2 nitrogen and oxygen atoms in total. The second kappa shape index (κ2) is 7.29. The van der Waals surface area contributed by atoms with Crippen LogP contribution in [0, 0.1) is 0 Å². The van der Waals surface area contributed by atoms with Crippen LogP contribution in [0.3, 0.4) is 0 Å². The zero-order valence-electron chi connectivity index (χ0n) is 8.76. The predicted molar refractivity (Wildman–Crippen MR) is 54.0 cm³/mol. The Kier molecular flexibility index (Phi) is 7.06. The van der Waals surface area contributed by atoms with Crippen molar-refractivity contribution in [2.45, 2.75) is 46.1 Å². The minimum absolute atomic E-state index is 0.253. The first kappa shape index (κ1) is 11.6. The fraction of sp³-hybridized carbons (Fsp3) is 0.900. The molecular weight excluding hydrogens is 150 g/mol. The van der Waals surface area contributed by atoms with Gasteiger partial charge in [-0.05, 0) is 19.8 Å². The number of hydrogen-bond acceptors (Lipinski definition) is 2. The van der Waals surface area contributed by atoms with Crippen molar-refractivity contribution in [2.75, 3.05) is 13.7 Å². The molecule has 0 aliphatic heterocycles. The molecule has 1 atom stereocenters. The summed E-state index contributed by atoms with van der Waals surface area (Å²) in [6.07, 6.45) is 3.65. The van der Waals surface area contributed by atoms with Crippen LogP contribution in [-0.2, 0) is 4.74 Å². The van der Waals surface area contributed by atoms with Crippen molar-refractivity contribution < 1.29 is 4.74 Å². The van der Waals surface area contributed by atoms with Crippen LogP contribution < -0.4 is 0 Å². The lowest BCUT2D eigenvalue weighted by Crippen LogP contribution is -2.10. The molecule has 0 radical (unpaired) electrons. The first-order chi connectivity index (χ1) is 5.74. The van der Waals surface area contributed by atoms with Gasteiger partial charge in [0.2, 0.25) is 0 Å². The molecule has 0 N–H and O–H groups in total. The molecule has 0 aromatic carbocycles. The van der Waals surface area contributed by atoms with Gasteiger partial charge in [0.1, 0.15) is 0 Å². The zero-order valence-corrected chi connectivity index (χ0v) is 8.76. The molecule has 0 aromatic heterocycles. The smallest absolute Gasteiger partial charge is 0.0738 e. The summed E-state index contributed by atoms with van der Waals surface area (Å²) in [4.78, 5) is 4.49. The summed E-state index contributed by atoms with van der Waals surface area (Å²) in [6.45, 7) is 7.19. The summed E-state index contributed by atoms with van der Waals surface area (Å²) in [5, 5.41) is 0. The highest BCUT2D eigenvalue weighted by Crippen LogP contribution is 1.98. The third-order valence-corrected chi connectivity index (χ3v) is 1.92. The molecule has 0 amide bonds. The molecule has 0 saturated carbocycles. The van der Waals surface area contributed by atoms with Crippen molar-refractivity contribution >= 4 is 5.71 Å². The van der Waals surface area contributed by atoms with E-state index in [0.29, 0.717) is 0 Å². The standard InChI is InChI=1S/C10H21NO/c1-5-7-10(6-2)11-8-9(3)12-4/h9H,5-8H2,1-4H3/t9-/m0/s1. The Morgan fingerprint density at radius 2 is 2.08 bits per heavy atom. The van der Waals surface area contributed by atoms with Gasteiger partial charge in [0.25, 0.3) is 0 Å². The van der Waals surface area contributed by atoms with E-state index < -0.39 is 0 Å². The summed E-state index contributed by atoms with van der Waals surface area (Å²) in [5.41, 5.74) is 1.32. The van der Waals surface area contributed by atoms with Crippen molar-refractivity contribution in [2.24, 2.45) is 4.99 Å². The van der Waals surface area contributed by atoms with Gasteiger partial charge in [0, 0.05) is 12.8 Å². The highest BCUT2D eigenvalue weighted by Gasteiger charge is 1.98. The minimum Gasteiger partial charge on any atom is -0.380 e. The van der Waals surface area contributed by atoms with Gasteiger partial charge in [-0.15, -0.1) is 0 Å². The van der Waals surface area contributed by atoms with E-state index in [4.69, 9.17) is 4.74 Å². The molecule has 0 heterocycles. The average molecular weight is 171 g/mol. The maximum absolute atomic E-state index is 5.12. The summed E-state index contributed by atoms with van der Waals surface area (Å²) in [5.74, 6) is 0. The number of methoxy groups -OCH3 is 1. The highest BCUT2D eigenvalue weighted by molar-refractivity contribution is 5.84. The summed E-state index contributed by atoms with van der Waals surface area (Å²) in [7, 11) is 1.73. The van der Waals surface area contributed by atoms with Gasteiger partial charge in [-0.2, -0.15) is 0 Å². The van der Waals surface area contributed by atoms with Crippen molar-refractivity contribution in [3.05, 3.63) is 0 Å². The van der Waals surface area contributed by atoms with Gasteiger partial charge in [0.05, 0.1) is 12.6 Å². The third-order valence-electron chi connectivity index (χ3n) is 1.92. The fourth-order valence-electron chi connectivity index (χ4n) is 0.988. The monoisotopic (exact) mass is 171 g/mol. The molecule has 0 rings (SSSR count). The van der Waals surface area contributed by atoms with E-state index in [1.54, 1.807) is 7.11 Å². The van der Waals surface area contributed by atoms with Crippen molar-refractivity contribution in [1.82, 2.24) is 0 Å². The molecule has 0 aromatic rings. The average Bonchev–Trinajstić information content (AvgIpc) is 2.11. The quantitative estimate of drug-likeness (QED) is 0.563. The van der Waals surface area contributed by atoms with E-state index in [1.807, 2.05) is 6.92 Å². The Morgan fingerprint density at radius 1 is 1.42 bits per heavy atom. The van der Waals surface area contributed by atoms with Crippen LogP contribution >= 0.6 is 0 Å². The fourth-order valence-corrected chi connectivity index (χ4v) is 0.988. The second-order valence-electron chi connectivity index (χ2n) is 3.06. The second-order valence-corrected chi connectivity index (χ2v) is 3.06. The van der Waals surface area contributed by atoms with Crippen LogP contribution in [0.25, 0.3) is 0 Å². The van der Waals surface area contributed by atoms with Crippen LogP contribution in [0.1, 0.15) is 40.0 Å². The van der Waals surface area contributed by atoms with Gasteiger partial charge in [-0.1, -0.05) is 20.3 Å². The molecule has 0 bridgehead atoms. The number of aliphatic imine (C=N–C) groups is 1. The Labute approximate surface area is 76.0 Å². The predicted octanol–water partition coefficient (Wildman–Crippen LogP) is 2.67. The Bertz CT molecular complexity index is 132. The Morgan fingerprint density at radius 3 is 2.50 bits per heavy atom. The number of ether oxygens (including phenoxy) is 1. The molecule has 72 valence electrons. The maximum Gasteiger partial charge on any atom is 0.0738 e. The zero-order chi connectivity index (χ0) is 9.40. The Hall–Kier alpha value is -0.370. The number of rotatable bonds is 6. The first-order valence-electron chi connectivity index (χ1n) is 4.79. The van der Waals surface area contributed by atoms with Gasteiger partial charge in [-0.25, -0.2) is 0 Å². The molecule has 2 heteroatoms. The van der Waals surface area contributed by atoms with Crippen LogP contribution in [0.2, 0.25) is 0 Å². The van der Waals surface area contributed by atoms with E-state index >= 15 is 0 Å². The molecule has 0 fully saturated rings. The van der Waals surface area contributed by atoms with Gasteiger partial charge in [0.15, 0.2) is 0 Å². The molecule has 0 unspecified atom stereocenters. The van der Waals surface area contributed by atoms with Crippen molar-refractivity contribution in [3.8, 4) is 0 Å². The van der Waals surface area contributed by atoms with Crippen LogP contribution in [0.4, 0.5) is 0 Å². The van der Waals surface area contributed by atoms with E-state index in [9.17, 15) is 0 Å².